The fourth-order valence-corrected chi connectivity index (χ4v) is 3.90. The number of rotatable bonds is 5. The Morgan fingerprint density at radius 1 is 1.50 bits per heavy atom. The van der Waals surface area contributed by atoms with Crippen LogP contribution in [0.5, 0.6) is 0 Å². The highest BCUT2D eigenvalue weighted by atomic mass is 32.1. The normalized spacial score (nSPS) is 21.3. The number of alkyl halides is 1. The number of hydrogen-bond acceptors (Lipinski definition) is 5. The van der Waals surface area contributed by atoms with Gasteiger partial charge in [0.05, 0.1) is 17.4 Å². The second kappa shape index (κ2) is 6.98. The van der Waals surface area contributed by atoms with Crippen LogP contribution in [0.25, 0.3) is 0 Å². The summed E-state index contributed by atoms with van der Waals surface area (Å²) in [4.78, 5) is 28.6. The number of carbonyl (C=O) groups excluding carboxylic acids is 1. The zero-order valence-corrected chi connectivity index (χ0v) is 14.9. The Hall–Kier alpha value is -1.80. The molecule has 1 aliphatic heterocycles. The van der Waals surface area contributed by atoms with E-state index >= 15 is 0 Å². The van der Waals surface area contributed by atoms with Crippen molar-refractivity contribution in [2.75, 3.05) is 20.1 Å². The maximum absolute atomic E-state index is 14.0. The highest BCUT2D eigenvalue weighted by molar-refractivity contribution is 7.09. The predicted octanol–water partition coefficient (Wildman–Crippen LogP) is 2.17. The minimum absolute atomic E-state index is 0.0134. The minimum Gasteiger partial charge on any atom is -0.339 e. The number of likely N-dealkylation sites (tertiary alicyclic amines) is 1. The second-order valence-electron chi connectivity index (χ2n) is 6.35. The van der Waals surface area contributed by atoms with E-state index in [-0.39, 0.29) is 11.9 Å². The summed E-state index contributed by atoms with van der Waals surface area (Å²) in [7, 11) is 1.75. The summed E-state index contributed by atoms with van der Waals surface area (Å²) in [6.45, 7) is 5.37. The third-order valence-electron chi connectivity index (χ3n) is 4.43. The maximum Gasteiger partial charge on any atom is 0.271 e. The molecule has 0 aromatic carbocycles. The largest absolute Gasteiger partial charge is 0.339 e. The first kappa shape index (κ1) is 17.0. The molecule has 2 atom stereocenters. The van der Waals surface area contributed by atoms with Crippen molar-refractivity contribution < 1.29 is 9.18 Å². The SMILES string of the molecule is Cc1ncc(C(=O)N(C)C[C@@H]2C[C@H](F)CN2Cc2scnc2C)[nH]1. The van der Waals surface area contributed by atoms with Gasteiger partial charge < -0.3 is 9.88 Å². The van der Waals surface area contributed by atoms with Crippen LogP contribution in [0, 0.1) is 13.8 Å². The molecule has 130 valence electrons. The molecule has 6 nitrogen and oxygen atoms in total. The third kappa shape index (κ3) is 3.64. The lowest BCUT2D eigenvalue weighted by molar-refractivity contribution is 0.0744. The number of aromatic nitrogens is 3. The molecule has 1 amide bonds. The molecule has 0 unspecified atom stereocenters. The molecule has 24 heavy (non-hydrogen) atoms. The molecule has 1 saturated heterocycles. The van der Waals surface area contributed by atoms with Crippen molar-refractivity contribution in [3.05, 3.63) is 33.8 Å². The first-order valence-electron chi connectivity index (χ1n) is 7.98. The van der Waals surface area contributed by atoms with Crippen molar-refractivity contribution in [2.24, 2.45) is 0 Å². The van der Waals surface area contributed by atoms with Gasteiger partial charge in [-0.15, -0.1) is 11.3 Å². The summed E-state index contributed by atoms with van der Waals surface area (Å²) < 4.78 is 14.0. The van der Waals surface area contributed by atoms with E-state index in [2.05, 4.69) is 19.9 Å². The molecule has 3 heterocycles. The van der Waals surface area contributed by atoms with Crippen molar-refractivity contribution in [3.8, 4) is 0 Å². The summed E-state index contributed by atoms with van der Waals surface area (Å²) in [5.74, 6) is 0.588. The first-order chi connectivity index (χ1) is 11.4. The lowest BCUT2D eigenvalue weighted by atomic mass is 10.2. The Bertz CT molecular complexity index is 715. The van der Waals surface area contributed by atoms with E-state index in [9.17, 15) is 9.18 Å². The number of nitrogens with one attached hydrogen (secondary N) is 1. The lowest BCUT2D eigenvalue weighted by Crippen LogP contribution is -2.41. The number of imidazole rings is 1. The van der Waals surface area contributed by atoms with Crippen molar-refractivity contribution in [2.45, 2.75) is 39.0 Å². The average molecular weight is 351 g/mol. The zero-order valence-electron chi connectivity index (χ0n) is 14.1. The van der Waals surface area contributed by atoms with E-state index in [0.29, 0.717) is 37.6 Å². The molecule has 3 rings (SSSR count). The molecule has 1 fully saturated rings. The Morgan fingerprint density at radius 2 is 2.29 bits per heavy atom. The third-order valence-corrected chi connectivity index (χ3v) is 5.35. The van der Waals surface area contributed by atoms with E-state index < -0.39 is 6.17 Å². The number of carbonyl (C=O) groups is 1. The van der Waals surface area contributed by atoms with Crippen LogP contribution < -0.4 is 0 Å². The molecular weight excluding hydrogens is 329 g/mol. The molecule has 2 aromatic rings. The van der Waals surface area contributed by atoms with Crippen LogP contribution in [0.4, 0.5) is 4.39 Å². The van der Waals surface area contributed by atoms with Gasteiger partial charge in [0.25, 0.3) is 5.91 Å². The standard InChI is InChI=1S/C16H22FN5OS/c1-10-15(24-9-19-10)8-22-6-12(17)4-13(22)7-21(3)16(23)14-5-18-11(2)20-14/h5,9,12-13H,4,6-8H2,1-3H3,(H,18,20)/t12-,13-/m0/s1. The molecule has 2 aromatic heterocycles. The van der Waals surface area contributed by atoms with Crippen LogP contribution in [-0.2, 0) is 6.54 Å². The molecule has 1 N–H and O–H groups in total. The maximum atomic E-state index is 14.0. The predicted molar refractivity (Wildman–Crippen MR) is 90.8 cm³/mol. The zero-order chi connectivity index (χ0) is 17.3. The number of nitrogens with zero attached hydrogens (tertiary/aromatic N) is 4. The number of H-pyrrole nitrogens is 1. The summed E-state index contributed by atoms with van der Waals surface area (Å²) in [6.07, 6.45) is 1.15. The van der Waals surface area contributed by atoms with Crippen LogP contribution >= 0.6 is 11.3 Å². The van der Waals surface area contributed by atoms with Crippen molar-refractivity contribution in [1.29, 1.82) is 0 Å². The van der Waals surface area contributed by atoms with Gasteiger partial charge in [-0.05, 0) is 20.3 Å². The van der Waals surface area contributed by atoms with Crippen LogP contribution in [0.15, 0.2) is 11.7 Å². The highest BCUT2D eigenvalue weighted by Crippen LogP contribution is 2.25. The summed E-state index contributed by atoms with van der Waals surface area (Å²) in [6, 6.07) is 0.0134. The molecule has 1 aliphatic rings. The topological polar surface area (TPSA) is 65.1 Å². The Balaban J connectivity index is 1.65. The number of aromatic amines is 1. The number of hydrogen-bond donors (Lipinski definition) is 1. The molecular formula is C16H22FN5OS. The molecule has 0 spiro atoms. The second-order valence-corrected chi connectivity index (χ2v) is 7.28. The van der Waals surface area contributed by atoms with Gasteiger partial charge in [0.2, 0.25) is 0 Å². The number of likely N-dealkylation sites (N-methyl/N-ethyl adjacent to an activating group) is 1. The van der Waals surface area contributed by atoms with Crippen molar-refractivity contribution in [3.63, 3.8) is 0 Å². The van der Waals surface area contributed by atoms with Gasteiger partial charge in [-0.2, -0.15) is 0 Å². The summed E-state index contributed by atoms with van der Waals surface area (Å²) in [5.41, 5.74) is 3.28. The van der Waals surface area contributed by atoms with Gasteiger partial charge in [0.1, 0.15) is 17.7 Å². The van der Waals surface area contributed by atoms with Gasteiger partial charge in [-0.25, -0.2) is 14.4 Å². The molecule has 0 radical (unpaired) electrons. The Labute approximate surface area is 144 Å². The Morgan fingerprint density at radius 3 is 2.92 bits per heavy atom. The number of aryl methyl sites for hydroxylation is 2. The molecule has 0 aliphatic carbocycles. The quantitative estimate of drug-likeness (QED) is 0.897. The van der Waals surface area contributed by atoms with Crippen molar-refractivity contribution in [1.82, 2.24) is 24.8 Å². The summed E-state index contributed by atoms with van der Waals surface area (Å²) >= 11 is 1.60. The van der Waals surface area contributed by atoms with E-state index in [0.717, 1.165) is 10.6 Å². The van der Waals surface area contributed by atoms with Crippen LogP contribution in [0.3, 0.4) is 0 Å². The number of amides is 1. The van der Waals surface area contributed by atoms with Crippen LogP contribution in [-0.4, -0.2) is 63.0 Å². The minimum atomic E-state index is -0.846. The number of halogens is 1. The highest BCUT2D eigenvalue weighted by Gasteiger charge is 2.34. The van der Waals surface area contributed by atoms with E-state index in [1.54, 1.807) is 36.4 Å². The van der Waals surface area contributed by atoms with Gasteiger partial charge >= 0.3 is 0 Å². The van der Waals surface area contributed by atoms with Gasteiger partial charge in [-0.3, -0.25) is 9.69 Å². The van der Waals surface area contributed by atoms with Gasteiger partial charge in [-0.1, -0.05) is 0 Å². The van der Waals surface area contributed by atoms with E-state index in [1.165, 1.54) is 0 Å². The van der Waals surface area contributed by atoms with Crippen molar-refractivity contribution >= 4 is 17.2 Å². The van der Waals surface area contributed by atoms with Crippen LogP contribution in [0.1, 0.15) is 33.3 Å². The molecule has 0 saturated carbocycles. The van der Waals surface area contributed by atoms with Crippen LogP contribution in [0.2, 0.25) is 0 Å². The average Bonchev–Trinajstić information content (AvgIpc) is 3.22. The molecule has 0 bridgehead atoms. The number of thiazole rings is 1. The smallest absolute Gasteiger partial charge is 0.271 e. The fourth-order valence-electron chi connectivity index (χ4n) is 3.10. The van der Waals surface area contributed by atoms with E-state index in [4.69, 9.17) is 0 Å². The Kier molecular flexibility index (Phi) is 4.96. The van der Waals surface area contributed by atoms with Gasteiger partial charge in [0.15, 0.2) is 0 Å². The first-order valence-corrected chi connectivity index (χ1v) is 8.86. The monoisotopic (exact) mass is 351 g/mol. The molecule has 8 heteroatoms. The van der Waals surface area contributed by atoms with Gasteiger partial charge in [0, 0.05) is 37.6 Å². The summed E-state index contributed by atoms with van der Waals surface area (Å²) in [5, 5.41) is 0. The van der Waals surface area contributed by atoms with E-state index in [1.807, 2.05) is 12.4 Å². The lowest BCUT2D eigenvalue weighted by Gasteiger charge is -2.28. The fraction of sp³-hybridized carbons (Fsp3) is 0.562.